The first-order chi connectivity index (χ1) is 7.79. The van der Waals surface area contributed by atoms with E-state index in [0.29, 0.717) is 5.95 Å². The highest BCUT2D eigenvalue weighted by molar-refractivity contribution is 5.97. The van der Waals surface area contributed by atoms with E-state index in [1.807, 2.05) is 30.3 Å². The number of nitrogens with zero attached hydrogens (tertiary/aromatic N) is 3. The number of hydrogen-bond donors (Lipinski definition) is 2. The summed E-state index contributed by atoms with van der Waals surface area (Å²) in [5.41, 5.74) is 6.29. The minimum absolute atomic E-state index is 0.114. The first-order valence-corrected chi connectivity index (χ1v) is 4.75. The van der Waals surface area contributed by atoms with Crippen molar-refractivity contribution in [2.24, 2.45) is 5.73 Å². The predicted molar refractivity (Wildman–Crippen MR) is 62.5 cm³/mol. The van der Waals surface area contributed by atoms with Crippen LogP contribution in [0.2, 0.25) is 0 Å². The minimum Gasteiger partial charge on any atom is -0.369 e. The van der Waals surface area contributed by atoms with Gasteiger partial charge in [-0.15, -0.1) is 0 Å². The van der Waals surface area contributed by atoms with Crippen molar-refractivity contribution in [2.45, 2.75) is 0 Å². The van der Waals surface area contributed by atoms with Crippen LogP contribution in [0.15, 0.2) is 48.8 Å². The van der Waals surface area contributed by atoms with Gasteiger partial charge in [-0.25, -0.2) is 14.9 Å². The molecule has 80 valence electrons. The molecule has 0 atom stereocenters. The first kappa shape index (κ1) is 10.1. The molecule has 0 aliphatic carbocycles. The van der Waals surface area contributed by atoms with Gasteiger partial charge in [-0.1, -0.05) is 18.2 Å². The Labute approximate surface area is 93.1 Å². The molecular formula is C11H11N5. The van der Waals surface area contributed by atoms with Gasteiger partial charge in [-0.3, -0.25) is 5.41 Å². The Kier molecular flexibility index (Phi) is 2.77. The van der Waals surface area contributed by atoms with Crippen LogP contribution in [0.25, 0.3) is 0 Å². The van der Waals surface area contributed by atoms with Crippen LogP contribution < -0.4 is 10.6 Å². The second-order valence-electron chi connectivity index (χ2n) is 3.10. The van der Waals surface area contributed by atoms with Gasteiger partial charge < -0.3 is 5.73 Å². The van der Waals surface area contributed by atoms with Crippen molar-refractivity contribution in [2.75, 3.05) is 4.90 Å². The Morgan fingerprint density at radius 1 is 1.06 bits per heavy atom. The van der Waals surface area contributed by atoms with E-state index in [1.165, 1.54) is 4.90 Å². The Hall–Kier alpha value is -2.43. The van der Waals surface area contributed by atoms with Crippen LogP contribution in [0, 0.1) is 5.41 Å². The van der Waals surface area contributed by atoms with E-state index >= 15 is 0 Å². The van der Waals surface area contributed by atoms with E-state index in [0.717, 1.165) is 5.69 Å². The first-order valence-electron chi connectivity index (χ1n) is 4.75. The maximum atomic E-state index is 7.55. The lowest BCUT2D eigenvalue weighted by molar-refractivity contribution is 1.08. The molecule has 0 radical (unpaired) electrons. The van der Waals surface area contributed by atoms with Crippen molar-refractivity contribution >= 4 is 17.6 Å². The summed E-state index contributed by atoms with van der Waals surface area (Å²) in [6, 6.07) is 11.0. The summed E-state index contributed by atoms with van der Waals surface area (Å²) in [5.74, 6) is 0.276. The summed E-state index contributed by atoms with van der Waals surface area (Å²) in [6.45, 7) is 0. The summed E-state index contributed by atoms with van der Waals surface area (Å²) < 4.78 is 0. The molecule has 0 bridgehead atoms. The number of guanidine groups is 1. The number of para-hydroxylation sites is 1. The quantitative estimate of drug-likeness (QED) is 0.585. The highest BCUT2D eigenvalue weighted by Gasteiger charge is 2.13. The molecule has 1 aromatic carbocycles. The van der Waals surface area contributed by atoms with E-state index in [9.17, 15) is 0 Å². The standard InChI is InChI=1S/C11H11N5/c12-10(13)16(9-5-2-1-3-6-9)11-14-7-4-8-15-11/h1-8H,(H3,12,13). The zero-order valence-corrected chi connectivity index (χ0v) is 8.54. The van der Waals surface area contributed by atoms with Crippen LogP contribution >= 0.6 is 0 Å². The van der Waals surface area contributed by atoms with Gasteiger partial charge in [0.15, 0.2) is 5.96 Å². The number of rotatable bonds is 2. The summed E-state index contributed by atoms with van der Waals surface area (Å²) in [6.07, 6.45) is 3.22. The summed E-state index contributed by atoms with van der Waals surface area (Å²) in [4.78, 5) is 9.61. The van der Waals surface area contributed by atoms with Gasteiger partial charge in [0.25, 0.3) is 0 Å². The SMILES string of the molecule is N=C(N)N(c1ccccc1)c1ncccn1. The fourth-order valence-corrected chi connectivity index (χ4v) is 1.35. The van der Waals surface area contributed by atoms with Gasteiger partial charge in [0, 0.05) is 12.4 Å². The van der Waals surface area contributed by atoms with Crippen molar-refractivity contribution in [1.82, 2.24) is 9.97 Å². The van der Waals surface area contributed by atoms with E-state index in [2.05, 4.69) is 9.97 Å². The van der Waals surface area contributed by atoms with Crippen LogP contribution in [0.3, 0.4) is 0 Å². The third kappa shape index (κ3) is 1.98. The molecule has 0 saturated heterocycles. The van der Waals surface area contributed by atoms with E-state index in [4.69, 9.17) is 11.1 Å². The van der Waals surface area contributed by atoms with E-state index in [-0.39, 0.29) is 5.96 Å². The maximum Gasteiger partial charge on any atom is 0.236 e. The Balaban J connectivity index is 2.44. The lowest BCUT2D eigenvalue weighted by atomic mass is 10.3. The van der Waals surface area contributed by atoms with Crippen molar-refractivity contribution in [3.05, 3.63) is 48.8 Å². The summed E-state index contributed by atoms with van der Waals surface area (Å²) in [7, 11) is 0. The lowest BCUT2D eigenvalue weighted by Gasteiger charge is -2.19. The van der Waals surface area contributed by atoms with Crippen LogP contribution in [0.1, 0.15) is 0 Å². The molecule has 0 amide bonds. The number of nitrogens with two attached hydrogens (primary N) is 1. The molecular weight excluding hydrogens is 202 g/mol. The molecule has 16 heavy (non-hydrogen) atoms. The lowest BCUT2D eigenvalue weighted by Crippen LogP contribution is -2.33. The number of hydrogen-bond acceptors (Lipinski definition) is 3. The molecule has 1 heterocycles. The molecule has 0 aliphatic heterocycles. The van der Waals surface area contributed by atoms with E-state index in [1.54, 1.807) is 18.5 Å². The summed E-state index contributed by atoms with van der Waals surface area (Å²) in [5, 5.41) is 7.55. The predicted octanol–water partition coefficient (Wildman–Crippen LogP) is 1.51. The van der Waals surface area contributed by atoms with Crippen molar-refractivity contribution in [3.8, 4) is 0 Å². The topological polar surface area (TPSA) is 78.9 Å². The number of nitrogens with one attached hydrogen (secondary N) is 1. The molecule has 3 N–H and O–H groups in total. The molecule has 2 rings (SSSR count). The highest BCUT2D eigenvalue weighted by atomic mass is 15.3. The fraction of sp³-hybridized carbons (Fsp3) is 0. The van der Waals surface area contributed by atoms with Crippen molar-refractivity contribution < 1.29 is 0 Å². The Morgan fingerprint density at radius 3 is 2.25 bits per heavy atom. The molecule has 2 aromatic rings. The Bertz CT molecular complexity index is 429. The van der Waals surface area contributed by atoms with Gasteiger partial charge in [-0.2, -0.15) is 0 Å². The molecule has 5 heteroatoms. The normalized spacial score (nSPS) is 9.75. The number of benzene rings is 1. The van der Waals surface area contributed by atoms with Gasteiger partial charge in [0.2, 0.25) is 5.95 Å². The molecule has 0 unspecified atom stereocenters. The largest absolute Gasteiger partial charge is 0.369 e. The van der Waals surface area contributed by atoms with Gasteiger partial charge in [-0.05, 0) is 18.2 Å². The van der Waals surface area contributed by atoms with Gasteiger partial charge in [0.05, 0.1) is 5.69 Å². The zero-order chi connectivity index (χ0) is 11.4. The maximum absolute atomic E-state index is 7.55. The molecule has 0 fully saturated rings. The van der Waals surface area contributed by atoms with Crippen molar-refractivity contribution in [1.29, 1.82) is 5.41 Å². The third-order valence-corrected chi connectivity index (χ3v) is 2.01. The molecule has 0 saturated carbocycles. The Morgan fingerprint density at radius 2 is 1.69 bits per heavy atom. The average Bonchev–Trinajstić information content (AvgIpc) is 2.31. The smallest absolute Gasteiger partial charge is 0.236 e. The molecule has 5 nitrogen and oxygen atoms in total. The van der Waals surface area contributed by atoms with Gasteiger partial charge >= 0.3 is 0 Å². The molecule has 0 aliphatic rings. The van der Waals surface area contributed by atoms with Gasteiger partial charge in [0.1, 0.15) is 0 Å². The fourth-order valence-electron chi connectivity index (χ4n) is 1.35. The average molecular weight is 213 g/mol. The summed E-state index contributed by atoms with van der Waals surface area (Å²) >= 11 is 0. The van der Waals surface area contributed by atoms with Crippen molar-refractivity contribution in [3.63, 3.8) is 0 Å². The second kappa shape index (κ2) is 4.39. The second-order valence-corrected chi connectivity index (χ2v) is 3.10. The van der Waals surface area contributed by atoms with Crippen LogP contribution in [-0.2, 0) is 0 Å². The van der Waals surface area contributed by atoms with Crippen LogP contribution in [0.5, 0.6) is 0 Å². The minimum atomic E-state index is -0.114. The van der Waals surface area contributed by atoms with Crippen LogP contribution in [0.4, 0.5) is 11.6 Å². The molecule has 1 aromatic heterocycles. The molecule has 0 spiro atoms. The zero-order valence-electron chi connectivity index (χ0n) is 8.54. The number of anilines is 2. The number of aromatic nitrogens is 2. The third-order valence-electron chi connectivity index (χ3n) is 2.01. The van der Waals surface area contributed by atoms with Crippen LogP contribution in [-0.4, -0.2) is 15.9 Å². The van der Waals surface area contributed by atoms with E-state index < -0.39 is 0 Å². The monoisotopic (exact) mass is 213 g/mol. The highest BCUT2D eigenvalue weighted by Crippen LogP contribution is 2.19.